The Labute approximate surface area is 173 Å². The zero-order valence-corrected chi connectivity index (χ0v) is 18.3. The summed E-state index contributed by atoms with van der Waals surface area (Å²) in [4.78, 5) is 25.9. The van der Waals surface area contributed by atoms with Crippen LogP contribution in [0.1, 0.15) is 46.1 Å². The van der Waals surface area contributed by atoms with Crippen molar-refractivity contribution in [2.75, 3.05) is 19.8 Å². The number of ether oxygens (including phenoxy) is 1. The van der Waals surface area contributed by atoms with Gasteiger partial charge < -0.3 is 9.84 Å². The van der Waals surface area contributed by atoms with Crippen molar-refractivity contribution in [2.24, 2.45) is 5.92 Å². The second kappa shape index (κ2) is 10.7. The van der Waals surface area contributed by atoms with Crippen molar-refractivity contribution in [1.29, 1.82) is 0 Å². The molecule has 0 aromatic carbocycles. The van der Waals surface area contributed by atoms with E-state index < -0.39 is 11.2 Å². The first kappa shape index (κ1) is 22.6. The standard InChI is InChI=1S/C21H29BrN2O4/c1-14(2)5-4-6-15(3)7-8-28-13-17-10-18(9-16(17)12-25)24-11-19(22)20(26)23-21(24)27/h5,7,9,11,17-18,25H,4,6,8,10,12-13H2,1-3H3,(H,23,26,27)/b15-7-/t17-,18+/m1/s1. The molecule has 0 saturated heterocycles. The first-order valence-corrected chi connectivity index (χ1v) is 10.3. The van der Waals surface area contributed by atoms with Crippen LogP contribution in [0.3, 0.4) is 0 Å². The van der Waals surface area contributed by atoms with Gasteiger partial charge in [0.25, 0.3) is 5.56 Å². The number of allylic oxidation sites excluding steroid dienone is 4. The lowest BCUT2D eigenvalue weighted by molar-refractivity contribution is 0.126. The van der Waals surface area contributed by atoms with E-state index in [1.807, 2.05) is 6.08 Å². The molecule has 1 aromatic rings. The number of aromatic nitrogens is 2. The van der Waals surface area contributed by atoms with Crippen LogP contribution < -0.4 is 11.2 Å². The first-order chi connectivity index (χ1) is 13.3. The van der Waals surface area contributed by atoms with Gasteiger partial charge in [-0.1, -0.05) is 29.4 Å². The van der Waals surface area contributed by atoms with Gasteiger partial charge >= 0.3 is 5.69 Å². The van der Waals surface area contributed by atoms with Gasteiger partial charge in [-0.05, 0) is 61.5 Å². The smallest absolute Gasteiger partial charge is 0.328 e. The van der Waals surface area contributed by atoms with Gasteiger partial charge in [0.15, 0.2) is 0 Å². The molecule has 7 heteroatoms. The molecule has 0 unspecified atom stereocenters. The highest BCUT2D eigenvalue weighted by Crippen LogP contribution is 2.33. The van der Waals surface area contributed by atoms with Crippen LogP contribution in [0.5, 0.6) is 0 Å². The number of nitrogens with one attached hydrogen (secondary N) is 1. The normalized spacial score (nSPS) is 19.6. The Morgan fingerprint density at radius 3 is 2.79 bits per heavy atom. The van der Waals surface area contributed by atoms with Gasteiger partial charge in [0, 0.05) is 12.1 Å². The molecule has 2 atom stereocenters. The molecular weight excluding hydrogens is 424 g/mol. The Hall–Kier alpha value is -1.70. The van der Waals surface area contributed by atoms with E-state index in [1.54, 1.807) is 0 Å². The number of H-pyrrole nitrogens is 1. The van der Waals surface area contributed by atoms with Crippen molar-refractivity contribution >= 4 is 15.9 Å². The third kappa shape index (κ3) is 6.43. The topological polar surface area (TPSA) is 84.3 Å². The lowest BCUT2D eigenvalue weighted by atomic mass is 10.0. The second-order valence-electron chi connectivity index (χ2n) is 7.45. The summed E-state index contributed by atoms with van der Waals surface area (Å²) in [6.45, 7) is 7.26. The minimum absolute atomic E-state index is 0.0481. The lowest BCUT2D eigenvalue weighted by Gasteiger charge is -2.16. The number of nitrogens with zero attached hydrogens (tertiary/aromatic N) is 1. The fraction of sp³-hybridized carbons (Fsp3) is 0.524. The van der Waals surface area contributed by atoms with Gasteiger partial charge in [-0.3, -0.25) is 14.3 Å². The molecule has 2 N–H and O–H groups in total. The van der Waals surface area contributed by atoms with Crippen molar-refractivity contribution in [3.8, 4) is 0 Å². The van der Waals surface area contributed by atoms with Crippen LogP contribution in [0.4, 0.5) is 0 Å². The SMILES string of the molecule is CC(C)=CCC/C(C)=C\COC[C@H]1C[C@@H](n2cc(Br)c(=O)[nH]c2=O)C=C1CO. The zero-order chi connectivity index (χ0) is 20.7. The average Bonchev–Trinajstić information content (AvgIpc) is 3.04. The van der Waals surface area contributed by atoms with Crippen LogP contribution in [-0.2, 0) is 4.74 Å². The fourth-order valence-electron chi connectivity index (χ4n) is 3.25. The summed E-state index contributed by atoms with van der Waals surface area (Å²) >= 11 is 3.16. The van der Waals surface area contributed by atoms with E-state index in [4.69, 9.17) is 4.74 Å². The molecule has 0 aliphatic heterocycles. The molecule has 28 heavy (non-hydrogen) atoms. The van der Waals surface area contributed by atoms with E-state index >= 15 is 0 Å². The molecular formula is C21H29BrN2O4. The summed E-state index contributed by atoms with van der Waals surface area (Å²) in [5, 5.41) is 9.66. The predicted molar refractivity (Wildman–Crippen MR) is 115 cm³/mol. The third-order valence-electron chi connectivity index (χ3n) is 4.88. The highest BCUT2D eigenvalue weighted by molar-refractivity contribution is 9.10. The van der Waals surface area contributed by atoms with Crippen LogP contribution in [0, 0.1) is 5.92 Å². The summed E-state index contributed by atoms with van der Waals surface area (Å²) in [6.07, 6.45) is 10.4. The van der Waals surface area contributed by atoms with Gasteiger partial charge in [0.05, 0.1) is 30.3 Å². The minimum Gasteiger partial charge on any atom is -0.392 e. The minimum atomic E-state index is -0.455. The highest BCUT2D eigenvalue weighted by Gasteiger charge is 2.28. The summed E-state index contributed by atoms with van der Waals surface area (Å²) in [7, 11) is 0. The van der Waals surface area contributed by atoms with Crippen molar-refractivity contribution < 1.29 is 9.84 Å². The van der Waals surface area contributed by atoms with Crippen LogP contribution in [-0.4, -0.2) is 34.5 Å². The van der Waals surface area contributed by atoms with Crippen molar-refractivity contribution in [3.05, 3.63) is 66.5 Å². The summed E-state index contributed by atoms with van der Waals surface area (Å²) in [5.74, 6) is 0.0481. The number of hydrogen-bond donors (Lipinski definition) is 2. The van der Waals surface area contributed by atoms with E-state index in [2.05, 4.69) is 53.8 Å². The van der Waals surface area contributed by atoms with Crippen LogP contribution in [0.2, 0.25) is 0 Å². The van der Waals surface area contributed by atoms with E-state index in [9.17, 15) is 14.7 Å². The molecule has 1 aliphatic carbocycles. The number of rotatable bonds is 9. The van der Waals surface area contributed by atoms with Gasteiger partial charge in [0.1, 0.15) is 0 Å². The van der Waals surface area contributed by atoms with Crippen molar-refractivity contribution in [1.82, 2.24) is 9.55 Å². The molecule has 0 bridgehead atoms. The molecule has 1 aliphatic rings. The van der Waals surface area contributed by atoms with E-state index in [-0.39, 0.29) is 18.6 Å². The Balaban J connectivity index is 1.91. The summed E-state index contributed by atoms with van der Waals surface area (Å²) < 4.78 is 7.59. The molecule has 6 nitrogen and oxygen atoms in total. The monoisotopic (exact) mass is 452 g/mol. The summed E-state index contributed by atoms with van der Waals surface area (Å²) in [6, 6.07) is -0.210. The Morgan fingerprint density at radius 2 is 2.11 bits per heavy atom. The average molecular weight is 453 g/mol. The van der Waals surface area contributed by atoms with Gasteiger partial charge in [-0.2, -0.15) is 0 Å². The lowest BCUT2D eigenvalue weighted by Crippen LogP contribution is -2.31. The molecule has 0 amide bonds. The highest BCUT2D eigenvalue weighted by atomic mass is 79.9. The maximum atomic E-state index is 12.1. The summed E-state index contributed by atoms with van der Waals surface area (Å²) in [5.41, 5.74) is 2.59. The molecule has 2 rings (SSSR count). The van der Waals surface area contributed by atoms with E-state index in [0.717, 1.165) is 18.4 Å². The van der Waals surface area contributed by atoms with Gasteiger partial charge in [0.2, 0.25) is 0 Å². The Bertz CT molecular complexity index is 875. The van der Waals surface area contributed by atoms with Crippen LogP contribution in [0.25, 0.3) is 0 Å². The molecule has 1 aromatic heterocycles. The fourth-order valence-corrected chi connectivity index (χ4v) is 3.57. The van der Waals surface area contributed by atoms with Gasteiger partial charge in [-0.25, -0.2) is 4.79 Å². The molecule has 1 heterocycles. The van der Waals surface area contributed by atoms with Crippen molar-refractivity contribution in [3.63, 3.8) is 0 Å². The Kier molecular flexibility index (Phi) is 8.66. The molecule has 154 valence electrons. The van der Waals surface area contributed by atoms with Crippen LogP contribution >= 0.6 is 15.9 Å². The molecule has 0 fully saturated rings. The number of hydrogen-bond acceptors (Lipinski definition) is 4. The third-order valence-corrected chi connectivity index (χ3v) is 5.45. The largest absolute Gasteiger partial charge is 0.392 e. The maximum Gasteiger partial charge on any atom is 0.328 e. The quantitative estimate of drug-likeness (QED) is 0.443. The van der Waals surface area contributed by atoms with E-state index in [1.165, 1.54) is 21.9 Å². The molecule has 0 radical (unpaired) electrons. The van der Waals surface area contributed by atoms with Gasteiger partial charge in [-0.15, -0.1) is 0 Å². The maximum absolute atomic E-state index is 12.1. The number of halogens is 1. The zero-order valence-electron chi connectivity index (χ0n) is 16.7. The van der Waals surface area contributed by atoms with E-state index in [0.29, 0.717) is 24.1 Å². The first-order valence-electron chi connectivity index (χ1n) is 9.51. The number of aliphatic hydroxyl groups excluding tert-OH is 1. The number of aromatic amines is 1. The van der Waals surface area contributed by atoms with Crippen LogP contribution in [0.15, 0.2) is 55.2 Å². The molecule has 0 spiro atoms. The number of aliphatic hydroxyl groups is 1. The molecule has 0 saturated carbocycles. The Morgan fingerprint density at radius 1 is 1.36 bits per heavy atom. The predicted octanol–water partition coefficient (Wildman–Crippen LogP) is 3.49. The van der Waals surface area contributed by atoms with Crippen molar-refractivity contribution in [2.45, 2.75) is 46.1 Å². The second-order valence-corrected chi connectivity index (χ2v) is 8.31.